The van der Waals surface area contributed by atoms with Crippen LogP contribution in [0.25, 0.3) is 0 Å². The maximum atomic E-state index is 13.6. The number of hydrogen-bond donors (Lipinski definition) is 3. The normalized spacial score (nSPS) is 10.4. The molecule has 0 unspecified atom stereocenters. The first-order chi connectivity index (χ1) is 13.4. The summed E-state index contributed by atoms with van der Waals surface area (Å²) in [7, 11) is 0. The fraction of sp³-hybridized carbons (Fsp3) is 0.105. The number of thiazole rings is 1. The third-order valence-electron chi connectivity index (χ3n) is 3.75. The molecule has 0 saturated carbocycles. The van der Waals surface area contributed by atoms with Crippen molar-refractivity contribution in [1.82, 2.24) is 10.3 Å². The minimum absolute atomic E-state index is 0.0346. The second kappa shape index (κ2) is 8.57. The van der Waals surface area contributed by atoms with Gasteiger partial charge in [0.05, 0.1) is 0 Å². The number of anilines is 2. The van der Waals surface area contributed by atoms with Crippen LogP contribution in [-0.4, -0.2) is 16.9 Å². The minimum Gasteiger partial charge on any atom is -0.346 e. The monoisotopic (exact) mass is 402 g/mol. The molecule has 0 aliphatic rings. The lowest BCUT2D eigenvalue weighted by atomic mass is 10.2. The zero-order valence-electron chi connectivity index (χ0n) is 14.8. The van der Waals surface area contributed by atoms with Gasteiger partial charge in [0.15, 0.2) is 5.13 Å². The third kappa shape index (κ3) is 4.89. The van der Waals surface area contributed by atoms with Crippen molar-refractivity contribution >= 4 is 34.1 Å². The van der Waals surface area contributed by atoms with E-state index in [9.17, 15) is 18.4 Å². The molecule has 0 fully saturated rings. The maximum Gasteiger partial charge on any atom is 0.325 e. The Morgan fingerprint density at radius 2 is 1.71 bits per heavy atom. The molecule has 0 radical (unpaired) electrons. The first kappa shape index (κ1) is 19.4. The van der Waals surface area contributed by atoms with Crippen molar-refractivity contribution in [1.29, 1.82) is 0 Å². The van der Waals surface area contributed by atoms with Crippen molar-refractivity contribution < 1.29 is 18.4 Å². The Labute approximate surface area is 163 Å². The Balaban J connectivity index is 1.56. The van der Waals surface area contributed by atoms with E-state index in [1.165, 1.54) is 11.4 Å². The van der Waals surface area contributed by atoms with Gasteiger partial charge in [-0.2, -0.15) is 0 Å². The Bertz CT molecular complexity index is 985. The number of amides is 3. The van der Waals surface area contributed by atoms with E-state index in [4.69, 9.17) is 0 Å². The van der Waals surface area contributed by atoms with Crippen molar-refractivity contribution in [2.45, 2.75) is 13.5 Å². The van der Waals surface area contributed by atoms with Crippen molar-refractivity contribution in [3.63, 3.8) is 0 Å². The number of aromatic nitrogens is 1. The van der Waals surface area contributed by atoms with Crippen LogP contribution >= 0.6 is 11.3 Å². The van der Waals surface area contributed by atoms with Crippen molar-refractivity contribution in [2.24, 2.45) is 0 Å². The van der Waals surface area contributed by atoms with Gasteiger partial charge in [0.25, 0.3) is 5.91 Å². The number of benzene rings is 2. The van der Waals surface area contributed by atoms with Crippen molar-refractivity contribution in [3.8, 4) is 0 Å². The molecular weight excluding hydrogens is 386 g/mol. The van der Waals surface area contributed by atoms with Crippen LogP contribution in [0.3, 0.4) is 0 Å². The van der Waals surface area contributed by atoms with Gasteiger partial charge in [0.2, 0.25) is 0 Å². The molecule has 3 N–H and O–H groups in total. The predicted octanol–water partition coefficient (Wildman–Crippen LogP) is 4.30. The number of carbonyl (C=O) groups excluding carboxylic acids is 2. The van der Waals surface area contributed by atoms with Crippen LogP contribution in [-0.2, 0) is 6.54 Å². The van der Waals surface area contributed by atoms with Crippen LogP contribution in [0.4, 0.5) is 24.4 Å². The molecule has 0 atom stereocenters. The Morgan fingerprint density at radius 1 is 1.04 bits per heavy atom. The Morgan fingerprint density at radius 3 is 2.39 bits per heavy atom. The summed E-state index contributed by atoms with van der Waals surface area (Å²) >= 11 is 1.06. The molecule has 3 rings (SSSR count). The Kier molecular flexibility index (Phi) is 5.95. The summed E-state index contributed by atoms with van der Waals surface area (Å²) in [4.78, 5) is 28.1. The van der Waals surface area contributed by atoms with Crippen LogP contribution in [0.2, 0.25) is 0 Å². The standard InChI is InChI=1S/C19H16F2N4O2S/c1-11-5-7-12(8-6-11)23-18(27)25-19-24-16(10-28-19)17(26)22-9-13-14(20)3-2-4-15(13)21/h2-8,10H,9H2,1H3,(H,22,26)(H2,23,24,25,27). The van der Waals surface area contributed by atoms with Crippen LogP contribution < -0.4 is 16.0 Å². The van der Waals surface area contributed by atoms with Crippen LogP contribution in [0.1, 0.15) is 21.6 Å². The summed E-state index contributed by atoms with van der Waals surface area (Å²) in [5, 5.41) is 9.24. The molecule has 6 nitrogen and oxygen atoms in total. The number of nitrogens with zero attached hydrogens (tertiary/aromatic N) is 1. The number of hydrogen-bond acceptors (Lipinski definition) is 4. The van der Waals surface area contributed by atoms with Gasteiger partial charge in [-0.05, 0) is 31.2 Å². The van der Waals surface area contributed by atoms with E-state index in [1.807, 2.05) is 19.1 Å². The van der Waals surface area contributed by atoms with Gasteiger partial charge in [-0.3, -0.25) is 10.1 Å². The molecular formula is C19H16F2N4O2S. The minimum atomic E-state index is -0.742. The van der Waals surface area contributed by atoms with E-state index in [2.05, 4.69) is 20.9 Å². The summed E-state index contributed by atoms with van der Waals surface area (Å²) in [6, 6.07) is 10.2. The van der Waals surface area contributed by atoms with Crippen LogP contribution in [0.15, 0.2) is 47.8 Å². The SMILES string of the molecule is Cc1ccc(NC(=O)Nc2nc(C(=O)NCc3c(F)cccc3F)cs2)cc1. The fourth-order valence-electron chi connectivity index (χ4n) is 2.29. The van der Waals surface area contributed by atoms with E-state index in [1.54, 1.807) is 12.1 Å². The average molecular weight is 402 g/mol. The molecule has 0 saturated heterocycles. The van der Waals surface area contributed by atoms with Crippen LogP contribution in [0.5, 0.6) is 0 Å². The highest BCUT2D eigenvalue weighted by atomic mass is 32.1. The summed E-state index contributed by atoms with van der Waals surface area (Å²) in [6.07, 6.45) is 0. The lowest BCUT2D eigenvalue weighted by molar-refractivity contribution is 0.0946. The van der Waals surface area contributed by atoms with E-state index in [0.29, 0.717) is 5.69 Å². The highest BCUT2D eigenvalue weighted by Gasteiger charge is 2.14. The zero-order valence-corrected chi connectivity index (χ0v) is 15.6. The first-order valence-electron chi connectivity index (χ1n) is 8.23. The van der Waals surface area contributed by atoms with Gasteiger partial charge in [0.1, 0.15) is 17.3 Å². The van der Waals surface area contributed by atoms with Gasteiger partial charge in [-0.1, -0.05) is 23.8 Å². The van der Waals surface area contributed by atoms with Gasteiger partial charge >= 0.3 is 6.03 Å². The van der Waals surface area contributed by atoms with E-state index in [-0.39, 0.29) is 22.9 Å². The zero-order chi connectivity index (χ0) is 20.1. The van der Waals surface area contributed by atoms with E-state index in [0.717, 1.165) is 29.0 Å². The maximum absolute atomic E-state index is 13.6. The van der Waals surface area contributed by atoms with Crippen LogP contribution in [0, 0.1) is 18.6 Å². The summed E-state index contributed by atoms with van der Waals surface area (Å²) in [6.45, 7) is 1.62. The van der Waals surface area contributed by atoms with Gasteiger partial charge < -0.3 is 10.6 Å². The molecule has 1 aromatic heterocycles. The molecule has 0 bridgehead atoms. The summed E-state index contributed by atoms with van der Waals surface area (Å²) in [5.74, 6) is -2.09. The fourth-order valence-corrected chi connectivity index (χ4v) is 2.98. The molecule has 0 aliphatic carbocycles. The molecule has 144 valence electrons. The third-order valence-corrected chi connectivity index (χ3v) is 4.51. The molecule has 3 amide bonds. The smallest absolute Gasteiger partial charge is 0.325 e. The van der Waals surface area contributed by atoms with Crippen molar-refractivity contribution in [2.75, 3.05) is 10.6 Å². The van der Waals surface area contributed by atoms with Gasteiger partial charge in [-0.25, -0.2) is 18.6 Å². The summed E-state index contributed by atoms with van der Waals surface area (Å²) < 4.78 is 27.2. The van der Waals surface area contributed by atoms with Gasteiger partial charge in [0, 0.05) is 23.2 Å². The average Bonchev–Trinajstić information content (AvgIpc) is 3.11. The molecule has 1 heterocycles. The molecule has 9 heteroatoms. The second-order valence-electron chi connectivity index (χ2n) is 5.87. The molecule has 2 aromatic carbocycles. The van der Waals surface area contributed by atoms with Crippen molar-refractivity contribution in [3.05, 3.63) is 76.3 Å². The number of carbonyl (C=O) groups is 2. The molecule has 0 aliphatic heterocycles. The number of nitrogens with one attached hydrogen (secondary N) is 3. The number of rotatable bonds is 5. The lowest BCUT2D eigenvalue weighted by Gasteiger charge is -2.06. The number of urea groups is 1. The highest BCUT2D eigenvalue weighted by Crippen LogP contribution is 2.17. The topological polar surface area (TPSA) is 83.1 Å². The Hall–Kier alpha value is -3.33. The quantitative estimate of drug-likeness (QED) is 0.595. The molecule has 3 aromatic rings. The first-order valence-corrected chi connectivity index (χ1v) is 9.11. The van der Waals surface area contributed by atoms with E-state index < -0.39 is 23.6 Å². The summed E-state index contributed by atoms with van der Waals surface area (Å²) in [5.41, 5.74) is 1.48. The largest absolute Gasteiger partial charge is 0.346 e. The molecule has 0 spiro atoms. The second-order valence-corrected chi connectivity index (χ2v) is 6.72. The van der Waals surface area contributed by atoms with Gasteiger partial charge in [-0.15, -0.1) is 11.3 Å². The molecule has 28 heavy (non-hydrogen) atoms. The van der Waals surface area contributed by atoms with E-state index >= 15 is 0 Å². The highest BCUT2D eigenvalue weighted by molar-refractivity contribution is 7.14. The number of aryl methyl sites for hydroxylation is 1. The lowest BCUT2D eigenvalue weighted by Crippen LogP contribution is -2.24. The predicted molar refractivity (Wildman–Crippen MR) is 103 cm³/mol. The number of halogens is 2.